The van der Waals surface area contributed by atoms with Gasteiger partial charge in [-0.3, -0.25) is 4.79 Å². The van der Waals surface area contributed by atoms with Crippen molar-refractivity contribution in [2.24, 2.45) is 22.9 Å². The monoisotopic (exact) mass is 569 g/mol. The minimum Gasteiger partial charge on any atom is -0.507 e. The molecule has 2 aliphatic heterocycles. The summed E-state index contributed by atoms with van der Waals surface area (Å²) < 4.78 is 26.7. The number of carbonyl (C=O) groups is 1. The van der Waals surface area contributed by atoms with E-state index in [9.17, 15) is 18.7 Å². The third-order valence-corrected chi connectivity index (χ3v) is 6.88. The number of hydrogen-bond donors (Lipinski definition) is 7. The van der Waals surface area contributed by atoms with Gasteiger partial charge in [0, 0.05) is 73.9 Å². The molecule has 0 radical (unpaired) electrons. The van der Waals surface area contributed by atoms with Crippen molar-refractivity contribution in [2.45, 2.75) is 37.0 Å². The van der Waals surface area contributed by atoms with Gasteiger partial charge in [-0.25, -0.2) is 8.78 Å². The molecule has 3 heterocycles. The molecule has 1 aromatic heterocycles. The molecule has 1 amide bonds. The highest BCUT2D eigenvalue weighted by atomic mass is 19.2. The van der Waals surface area contributed by atoms with Crippen LogP contribution in [0, 0.1) is 11.6 Å². The Balaban J connectivity index is 1.40. The summed E-state index contributed by atoms with van der Waals surface area (Å²) in [5.41, 5.74) is 25.1. The number of aromatic hydroxyl groups is 1. The second kappa shape index (κ2) is 11.7. The quantitative estimate of drug-likeness (QED) is 0.217. The van der Waals surface area contributed by atoms with Gasteiger partial charge in [-0.2, -0.15) is 15.0 Å². The van der Waals surface area contributed by atoms with E-state index in [4.69, 9.17) is 22.9 Å². The summed E-state index contributed by atoms with van der Waals surface area (Å²) >= 11 is 0. The van der Waals surface area contributed by atoms with Gasteiger partial charge in [0.05, 0.1) is 5.56 Å². The number of carbonyl (C=O) groups excluding carboxylic acids is 1. The number of piperidine rings is 2. The third-order valence-electron chi connectivity index (χ3n) is 6.88. The fourth-order valence-corrected chi connectivity index (χ4v) is 5.08. The second-order valence-corrected chi connectivity index (χ2v) is 10.5. The van der Waals surface area contributed by atoms with E-state index in [0.29, 0.717) is 56.6 Å². The van der Waals surface area contributed by atoms with E-state index in [-0.39, 0.29) is 47.1 Å². The second-order valence-electron chi connectivity index (χ2n) is 10.5. The van der Waals surface area contributed by atoms with E-state index >= 15 is 0 Å². The van der Waals surface area contributed by atoms with E-state index in [1.54, 1.807) is 6.07 Å². The molecule has 2 aliphatic rings. The van der Waals surface area contributed by atoms with E-state index in [0.717, 1.165) is 12.1 Å². The number of phenols is 1. The first kappa shape index (κ1) is 28.4. The third kappa shape index (κ3) is 6.77. The standard InChI is InChI=1S/C26H33F2N11O2/c27-20-4-2-17(7-21(20)28)33-23(41)19-3-1-18(8-22(19)40)34-24-35-25(38-9-13(29)5-14(30)10-38)37-26(36-24)39-11-15(31)6-16(32)12-39/h1-4,7-8,13-16,40H,5-6,9-12,29-32H2,(H,33,41)(H,34,35,36,37)/t13-,14+,15-,16+. The maximum Gasteiger partial charge on any atom is 0.259 e. The maximum atomic E-state index is 13.5. The average Bonchev–Trinajstić information content (AvgIpc) is 2.89. The molecule has 3 aromatic rings. The molecule has 0 bridgehead atoms. The lowest BCUT2D eigenvalue weighted by Gasteiger charge is -2.37. The van der Waals surface area contributed by atoms with Gasteiger partial charge in [-0.15, -0.1) is 0 Å². The molecular formula is C26H33F2N11O2. The summed E-state index contributed by atoms with van der Waals surface area (Å²) in [6.07, 6.45) is 1.37. The molecule has 0 saturated carbocycles. The number of nitrogens with two attached hydrogens (primary N) is 4. The van der Waals surface area contributed by atoms with Crippen molar-refractivity contribution in [1.82, 2.24) is 15.0 Å². The first-order valence-electron chi connectivity index (χ1n) is 13.2. The number of phenolic OH excluding ortho intramolecular Hbond substituents is 1. The number of benzene rings is 2. The van der Waals surface area contributed by atoms with Crippen molar-refractivity contribution in [3.63, 3.8) is 0 Å². The zero-order valence-electron chi connectivity index (χ0n) is 22.2. The summed E-state index contributed by atoms with van der Waals surface area (Å²) in [7, 11) is 0. The minimum atomic E-state index is -1.11. The largest absolute Gasteiger partial charge is 0.507 e. The Hall–Kier alpha value is -4.18. The normalized spacial score (nSPS) is 22.9. The highest BCUT2D eigenvalue weighted by molar-refractivity contribution is 6.06. The van der Waals surface area contributed by atoms with Crippen molar-refractivity contribution >= 4 is 35.1 Å². The molecule has 0 spiro atoms. The van der Waals surface area contributed by atoms with Crippen molar-refractivity contribution in [1.29, 1.82) is 0 Å². The molecule has 11 N–H and O–H groups in total. The molecule has 5 rings (SSSR count). The Morgan fingerprint density at radius 3 is 1.83 bits per heavy atom. The van der Waals surface area contributed by atoms with Crippen molar-refractivity contribution in [2.75, 3.05) is 46.6 Å². The van der Waals surface area contributed by atoms with E-state index in [2.05, 4.69) is 25.6 Å². The minimum absolute atomic E-state index is 0.0371. The number of nitrogens with zero attached hydrogens (tertiary/aromatic N) is 5. The summed E-state index contributed by atoms with van der Waals surface area (Å²) in [5, 5.41) is 16.1. The molecule has 2 saturated heterocycles. The first-order valence-corrected chi connectivity index (χ1v) is 13.2. The van der Waals surface area contributed by atoms with Crippen molar-refractivity contribution < 1.29 is 18.7 Å². The number of hydrogen-bond acceptors (Lipinski definition) is 12. The van der Waals surface area contributed by atoms with Gasteiger partial charge in [0.15, 0.2) is 11.6 Å². The zero-order chi connectivity index (χ0) is 29.3. The van der Waals surface area contributed by atoms with Gasteiger partial charge in [-0.1, -0.05) is 0 Å². The van der Waals surface area contributed by atoms with Crippen LogP contribution < -0.4 is 43.4 Å². The van der Waals surface area contributed by atoms with E-state index in [1.807, 2.05) is 9.80 Å². The van der Waals surface area contributed by atoms with Gasteiger partial charge in [0.25, 0.3) is 5.91 Å². The summed E-state index contributed by atoms with van der Waals surface area (Å²) in [6, 6.07) is 6.62. The van der Waals surface area contributed by atoms with Crippen LogP contribution in [0.1, 0.15) is 23.2 Å². The van der Waals surface area contributed by atoms with Crippen LogP contribution in [-0.2, 0) is 0 Å². The molecule has 4 atom stereocenters. The smallest absolute Gasteiger partial charge is 0.259 e. The Morgan fingerprint density at radius 2 is 1.32 bits per heavy atom. The molecule has 41 heavy (non-hydrogen) atoms. The Kier molecular flexibility index (Phi) is 8.12. The molecule has 0 unspecified atom stereocenters. The van der Waals surface area contributed by atoms with Crippen LogP contribution in [0.3, 0.4) is 0 Å². The van der Waals surface area contributed by atoms with Gasteiger partial charge in [0.1, 0.15) is 5.75 Å². The van der Waals surface area contributed by atoms with Crippen LogP contribution in [0.25, 0.3) is 0 Å². The van der Waals surface area contributed by atoms with Crippen LogP contribution in [0.4, 0.5) is 38.0 Å². The van der Waals surface area contributed by atoms with Crippen molar-refractivity contribution in [3.05, 3.63) is 53.6 Å². The summed E-state index contributed by atoms with van der Waals surface area (Å²) in [4.78, 5) is 30.3. The molecular weight excluding hydrogens is 536 g/mol. The Morgan fingerprint density at radius 1 is 0.780 bits per heavy atom. The van der Waals surface area contributed by atoms with Gasteiger partial charge in [-0.05, 0) is 37.1 Å². The number of aromatic nitrogens is 3. The zero-order valence-corrected chi connectivity index (χ0v) is 22.2. The van der Waals surface area contributed by atoms with Crippen LogP contribution in [-0.4, -0.2) is 76.3 Å². The number of anilines is 5. The molecule has 218 valence electrons. The van der Waals surface area contributed by atoms with E-state index < -0.39 is 17.5 Å². The van der Waals surface area contributed by atoms with E-state index in [1.165, 1.54) is 18.2 Å². The molecule has 15 heteroatoms. The lowest BCUT2D eigenvalue weighted by atomic mass is 10.0. The van der Waals surface area contributed by atoms with Crippen LogP contribution >= 0.6 is 0 Å². The Labute approximate surface area is 234 Å². The molecule has 0 aliphatic carbocycles. The van der Waals surface area contributed by atoms with Gasteiger partial charge >= 0.3 is 0 Å². The fraction of sp³-hybridized carbons (Fsp3) is 0.385. The predicted octanol–water partition coefficient (Wildman–Crippen LogP) is 0.581. The maximum absolute atomic E-state index is 13.5. The van der Waals surface area contributed by atoms with Crippen molar-refractivity contribution in [3.8, 4) is 5.75 Å². The molecule has 2 fully saturated rings. The molecule has 13 nitrogen and oxygen atoms in total. The Bertz CT molecular complexity index is 1360. The molecule has 2 aromatic carbocycles. The van der Waals surface area contributed by atoms with Gasteiger partial charge in [0.2, 0.25) is 17.8 Å². The number of halogens is 2. The van der Waals surface area contributed by atoms with Gasteiger partial charge < -0.3 is 48.5 Å². The SMILES string of the molecule is N[C@@H]1C[C@H](N)CN(c2nc(Nc3ccc(C(=O)Nc4ccc(F)c(F)c4)c(O)c3)nc(N3C[C@H](N)C[C@H](N)C3)n2)C1. The fourth-order valence-electron chi connectivity index (χ4n) is 5.08. The predicted molar refractivity (Wildman–Crippen MR) is 151 cm³/mol. The highest BCUT2D eigenvalue weighted by Gasteiger charge is 2.29. The lowest BCUT2D eigenvalue weighted by molar-refractivity contribution is 0.102. The average molecular weight is 570 g/mol. The topological polar surface area (TPSA) is 211 Å². The van der Waals surface area contributed by atoms with Crippen LogP contribution in [0.2, 0.25) is 0 Å². The number of amides is 1. The lowest BCUT2D eigenvalue weighted by Crippen LogP contribution is -2.54. The van der Waals surface area contributed by atoms with Crippen LogP contribution in [0.15, 0.2) is 36.4 Å². The highest BCUT2D eigenvalue weighted by Crippen LogP contribution is 2.27. The number of nitrogens with one attached hydrogen (secondary N) is 2. The number of rotatable bonds is 6. The summed E-state index contributed by atoms with van der Waals surface area (Å²) in [5.74, 6) is -2.27. The summed E-state index contributed by atoms with van der Waals surface area (Å²) in [6.45, 7) is 2.05. The van der Waals surface area contributed by atoms with Crippen LogP contribution in [0.5, 0.6) is 5.75 Å². The first-order chi connectivity index (χ1) is 19.5.